The number of nitrogens with one attached hydrogen (secondary N) is 1. The molecule has 0 spiro atoms. The van der Waals surface area contributed by atoms with Gasteiger partial charge in [0.2, 0.25) is 0 Å². The molecule has 2 rings (SSSR count). The number of nitrogens with zero attached hydrogens (tertiary/aromatic N) is 1. The molecule has 0 aliphatic carbocycles. The van der Waals surface area contributed by atoms with Crippen molar-refractivity contribution in [1.82, 2.24) is 4.98 Å². The van der Waals surface area contributed by atoms with Crippen LogP contribution in [0.3, 0.4) is 0 Å². The molecule has 0 aliphatic rings. The Kier molecular flexibility index (Phi) is 4.23. The topological polar surface area (TPSA) is 43.4 Å². The van der Waals surface area contributed by atoms with Crippen LogP contribution >= 0.6 is 0 Å². The molecule has 0 saturated carbocycles. The van der Waals surface area contributed by atoms with Crippen LogP contribution < -0.4 is 14.8 Å². The fourth-order valence-electron chi connectivity index (χ4n) is 1.86. The van der Waals surface area contributed by atoms with Gasteiger partial charge >= 0.3 is 0 Å². The van der Waals surface area contributed by atoms with Crippen LogP contribution in [-0.4, -0.2) is 19.2 Å². The molecular formula is C15H18N2O2. The zero-order valence-electron chi connectivity index (χ0n) is 11.4. The molecule has 0 aliphatic heterocycles. The maximum Gasteiger partial charge on any atom is 0.145 e. The molecule has 0 bridgehead atoms. The first-order chi connectivity index (χ1) is 9.24. The zero-order valence-corrected chi connectivity index (χ0v) is 11.4. The van der Waals surface area contributed by atoms with Crippen LogP contribution in [0.2, 0.25) is 0 Å². The van der Waals surface area contributed by atoms with Crippen LogP contribution in [0.15, 0.2) is 42.6 Å². The van der Waals surface area contributed by atoms with Gasteiger partial charge in [0.05, 0.1) is 31.6 Å². The van der Waals surface area contributed by atoms with Crippen molar-refractivity contribution in [3.05, 3.63) is 48.3 Å². The van der Waals surface area contributed by atoms with Gasteiger partial charge in [-0.3, -0.25) is 4.98 Å². The predicted octanol–water partition coefficient (Wildman–Crippen LogP) is 3.27. The molecule has 0 amide bonds. The van der Waals surface area contributed by atoms with Gasteiger partial charge in [0.25, 0.3) is 0 Å². The van der Waals surface area contributed by atoms with Gasteiger partial charge in [-0.1, -0.05) is 6.07 Å². The van der Waals surface area contributed by atoms with E-state index in [0.29, 0.717) is 0 Å². The number of methoxy groups -OCH3 is 2. The van der Waals surface area contributed by atoms with E-state index in [-0.39, 0.29) is 6.04 Å². The standard InChI is InChI=1S/C15H18N2O2/c1-11(13-6-4-5-9-16-13)17-14-8-7-12(18-2)10-15(14)19-3/h4-11,17H,1-3H3. The minimum Gasteiger partial charge on any atom is -0.497 e. The summed E-state index contributed by atoms with van der Waals surface area (Å²) in [5.74, 6) is 1.52. The normalized spacial score (nSPS) is 11.7. The van der Waals surface area contributed by atoms with Crippen molar-refractivity contribution in [1.29, 1.82) is 0 Å². The Balaban J connectivity index is 2.19. The summed E-state index contributed by atoms with van der Waals surface area (Å²) in [7, 11) is 3.28. The molecule has 4 heteroatoms. The predicted molar refractivity (Wildman–Crippen MR) is 75.8 cm³/mol. The maximum absolute atomic E-state index is 5.36. The van der Waals surface area contributed by atoms with Gasteiger partial charge in [0, 0.05) is 12.3 Å². The smallest absolute Gasteiger partial charge is 0.145 e. The molecule has 1 unspecified atom stereocenters. The number of hydrogen-bond acceptors (Lipinski definition) is 4. The SMILES string of the molecule is COc1ccc(NC(C)c2ccccn2)c(OC)c1. The molecule has 100 valence electrons. The fraction of sp³-hybridized carbons (Fsp3) is 0.267. The minimum absolute atomic E-state index is 0.100. The number of hydrogen-bond donors (Lipinski definition) is 1. The van der Waals surface area contributed by atoms with E-state index >= 15 is 0 Å². The van der Waals surface area contributed by atoms with Crippen molar-refractivity contribution in [2.45, 2.75) is 13.0 Å². The molecule has 1 aromatic heterocycles. The quantitative estimate of drug-likeness (QED) is 0.893. The second-order valence-electron chi connectivity index (χ2n) is 4.19. The van der Waals surface area contributed by atoms with Crippen molar-refractivity contribution in [3.8, 4) is 11.5 Å². The van der Waals surface area contributed by atoms with E-state index in [4.69, 9.17) is 9.47 Å². The Morgan fingerprint density at radius 1 is 1.11 bits per heavy atom. The molecule has 1 aromatic carbocycles. The summed E-state index contributed by atoms with van der Waals surface area (Å²) in [6.45, 7) is 2.06. The molecule has 19 heavy (non-hydrogen) atoms. The molecule has 1 heterocycles. The van der Waals surface area contributed by atoms with Crippen LogP contribution in [0.1, 0.15) is 18.7 Å². The second kappa shape index (κ2) is 6.09. The Labute approximate surface area is 113 Å². The van der Waals surface area contributed by atoms with E-state index in [1.54, 1.807) is 20.4 Å². The third-order valence-corrected chi connectivity index (χ3v) is 2.91. The average molecular weight is 258 g/mol. The summed E-state index contributed by atoms with van der Waals surface area (Å²) in [6, 6.07) is 11.7. The van der Waals surface area contributed by atoms with Gasteiger partial charge in [-0.2, -0.15) is 0 Å². The number of anilines is 1. The lowest BCUT2D eigenvalue weighted by atomic mass is 10.2. The average Bonchev–Trinajstić information content (AvgIpc) is 2.48. The summed E-state index contributed by atoms with van der Waals surface area (Å²) >= 11 is 0. The monoisotopic (exact) mass is 258 g/mol. The van der Waals surface area contributed by atoms with Crippen molar-refractivity contribution >= 4 is 5.69 Å². The summed E-state index contributed by atoms with van der Waals surface area (Å²) < 4.78 is 10.5. The number of rotatable bonds is 5. The van der Waals surface area contributed by atoms with Gasteiger partial charge in [0.15, 0.2) is 0 Å². The lowest BCUT2D eigenvalue weighted by Gasteiger charge is -2.17. The first-order valence-electron chi connectivity index (χ1n) is 6.14. The number of benzene rings is 1. The van der Waals surface area contributed by atoms with Crippen LogP contribution in [0.5, 0.6) is 11.5 Å². The first-order valence-corrected chi connectivity index (χ1v) is 6.14. The zero-order chi connectivity index (χ0) is 13.7. The molecular weight excluding hydrogens is 240 g/mol. The van der Waals surface area contributed by atoms with E-state index in [9.17, 15) is 0 Å². The molecule has 0 fully saturated rings. The first kappa shape index (κ1) is 13.2. The van der Waals surface area contributed by atoms with Crippen LogP contribution in [0, 0.1) is 0 Å². The highest BCUT2D eigenvalue weighted by molar-refractivity contribution is 5.59. The fourth-order valence-corrected chi connectivity index (χ4v) is 1.86. The molecule has 4 nitrogen and oxygen atoms in total. The Morgan fingerprint density at radius 2 is 1.95 bits per heavy atom. The van der Waals surface area contributed by atoms with Gasteiger partial charge in [-0.15, -0.1) is 0 Å². The highest BCUT2D eigenvalue weighted by atomic mass is 16.5. The Bertz CT molecular complexity index is 529. The van der Waals surface area contributed by atoms with E-state index in [1.807, 2.05) is 36.4 Å². The van der Waals surface area contributed by atoms with E-state index in [1.165, 1.54) is 0 Å². The summed E-state index contributed by atoms with van der Waals surface area (Å²) in [5, 5.41) is 3.39. The summed E-state index contributed by atoms with van der Waals surface area (Å²) in [5.41, 5.74) is 1.90. The molecule has 1 atom stereocenters. The summed E-state index contributed by atoms with van der Waals surface area (Å²) in [4.78, 5) is 4.34. The highest BCUT2D eigenvalue weighted by Crippen LogP contribution is 2.31. The third kappa shape index (κ3) is 3.16. The van der Waals surface area contributed by atoms with Gasteiger partial charge < -0.3 is 14.8 Å². The maximum atomic E-state index is 5.36. The molecule has 0 radical (unpaired) electrons. The van der Waals surface area contributed by atoms with E-state index in [0.717, 1.165) is 22.9 Å². The third-order valence-electron chi connectivity index (χ3n) is 2.91. The van der Waals surface area contributed by atoms with Crippen LogP contribution in [0.4, 0.5) is 5.69 Å². The second-order valence-corrected chi connectivity index (χ2v) is 4.19. The van der Waals surface area contributed by atoms with Gasteiger partial charge in [-0.25, -0.2) is 0 Å². The Morgan fingerprint density at radius 3 is 2.58 bits per heavy atom. The minimum atomic E-state index is 0.100. The van der Waals surface area contributed by atoms with Crippen molar-refractivity contribution in [2.24, 2.45) is 0 Å². The van der Waals surface area contributed by atoms with Crippen molar-refractivity contribution < 1.29 is 9.47 Å². The van der Waals surface area contributed by atoms with Gasteiger partial charge in [-0.05, 0) is 31.2 Å². The molecule has 2 aromatic rings. The van der Waals surface area contributed by atoms with Crippen LogP contribution in [0.25, 0.3) is 0 Å². The molecule has 0 saturated heterocycles. The largest absolute Gasteiger partial charge is 0.497 e. The summed E-state index contributed by atoms with van der Waals surface area (Å²) in [6.07, 6.45) is 1.79. The lowest BCUT2D eigenvalue weighted by Crippen LogP contribution is -2.09. The van der Waals surface area contributed by atoms with Crippen LogP contribution in [-0.2, 0) is 0 Å². The number of aromatic nitrogens is 1. The molecule has 1 N–H and O–H groups in total. The van der Waals surface area contributed by atoms with Gasteiger partial charge in [0.1, 0.15) is 11.5 Å². The lowest BCUT2D eigenvalue weighted by molar-refractivity contribution is 0.395. The highest BCUT2D eigenvalue weighted by Gasteiger charge is 2.10. The van der Waals surface area contributed by atoms with E-state index < -0.39 is 0 Å². The Hall–Kier alpha value is -2.23. The number of pyridine rings is 1. The van der Waals surface area contributed by atoms with E-state index in [2.05, 4.69) is 17.2 Å². The number of ether oxygens (including phenoxy) is 2. The van der Waals surface area contributed by atoms with Crippen molar-refractivity contribution in [2.75, 3.05) is 19.5 Å². The van der Waals surface area contributed by atoms with Crippen molar-refractivity contribution in [3.63, 3.8) is 0 Å².